The van der Waals surface area contributed by atoms with Gasteiger partial charge in [-0.2, -0.15) is 0 Å². The Kier molecular flexibility index (Phi) is 6.06. The predicted octanol–water partition coefficient (Wildman–Crippen LogP) is 4.70. The van der Waals surface area contributed by atoms with Crippen molar-refractivity contribution in [1.82, 2.24) is 4.98 Å². The number of benzene rings is 2. The van der Waals surface area contributed by atoms with Crippen molar-refractivity contribution in [3.8, 4) is 0 Å². The van der Waals surface area contributed by atoms with Gasteiger partial charge in [0.1, 0.15) is 0 Å². The Labute approximate surface area is 151 Å². The molecule has 2 N–H and O–H groups in total. The van der Waals surface area contributed by atoms with Crippen molar-refractivity contribution in [2.24, 2.45) is 0 Å². The van der Waals surface area contributed by atoms with Crippen molar-refractivity contribution in [2.45, 2.75) is 5.75 Å². The van der Waals surface area contributed by atoms with Gasteiger partial charge in [-0.25, -0.2) is 0 Å². The highest BCUT2D eigenvalue weighted by Crippen LogP contribution is 2.19. The lowest BCUT2D eigenvalue weighted by atomic mass is 10.2. The third kappa shape index (κ3) is 5.65. The van der Waals surface area contributed by atoms with Crippen LogP contribution in [0.2, 0.25) is 0 Å². The van der Waals surface area contributed by atoms with E-state index >= 15 is 0 Å². The smallest absolute Gasteiger partial charge is 0.234 e. The monoisotopic (exact) mass is 349 g/mol. The Morgan fingerprint density at radius 2 is 1.60 bits per heavy atom. The summed E-state index contributed by atoms with van der Waals surface area (Å²) in [6, 6.07) is 21.6. The molecule has 25 heavy (non-hydrogen) atoms. The lowest BCUT2D eigenvalue weighted by molar-refractivity contribution is -0.113. The van der Waals surface area contributed by atoms with E-state index < -0.39 is 0 Å². The summed E-state index contributed by atoms with van der Waals surface area (Å²) in [5, 5.41) is 6.23. The van der Waals surface area contributed by atoms with Gasteiger partial charge in [0.05, 0.1) is 5.75 Å². The molecule has 1 heterocycles. The van der Waals surface area contributed by atoms with Crippen molar-refractivity contribution in [3.63, 3.8) is 0 Å². The summed E-state index contributed by atoms with van der Waals surface area (Å²) in [6.45, 7) is 0. The van der Waals surface area contributed by atoms with Crippen molar-refractivity contribution in [2.75, 3.05) is 16.4 Å². The fourth-order valence-corrected chi connectivity index (χ4v) is 3.03. The number of nitrogens with one attached hydrogen (secondary N) is 2. The number of para-hydroxylation sites is 1. The maximum Gasteiger partial charge on any atom is 0.234 e. The van der Waals surface area contributed by atoms with Crippen LogP contribution in [0.4, 0.5) is 17.1 Å². The summed E-state index contributed by atoms with van der Waals surface area (Å²) >= 11 is 1.57. The van der Waals surface area contributed by atoms with Gasteiger partial charge in [-0.1, -0.05) is 24.3 Å². The van der Waals surface area contributed by atoms with Gasteiger partial charge in [0.2, 0.25) is 5.91 Å². The number of pyridine rings is 1. The van der Waals surface area contributed by atoms with E-state index in [4.69, 9.17) is 0 Å². The van der Waals surface area contributed by atoms with Gasteiger partial charge < -0.3 is 10.6 Å². The second kappa shape index (κ2) is 8.89. The molecule has 4 nitrogen and oxygen atoms in total. The van der Waals surface area contributed by atoms with Crippen LogP contribution in [0.25, 0.3) is 0 Å². The van der Waals surface area contributed by atoms with E-state index in [0.29, 0.717) is 5.75 Å². The van der Waals surface area contributed by atoms with Crippen LogP contribution in [0.3, 0.4) is 0 Å². The fourth-order valence-electron chi connectivity index (χ4n) is 2.27. The minimum absolute atomic E-state index is 0.00217. The molecule has 0 radical (unpaired) electrons. The van der Waals surface area contributed by atoms with Crippen LogP contribution >= 0.6 is 11.8 Å². The molecule has 2 aromatic carbocycles. The summed E-state index contributed by atoms with van der Waals surface area (Å²) in [6.07, 6.45) is 3.57. The van der Waals surface area contributed by atoms with Gasteiger partial charge in [-0.15, -0.1) is 11.8 Å². The van der Waals surface area contributed by atoms with Crippen LogP contribution in [0.1, 0.15) is 5.56 Å². The number of thioether (sulfide) groups is 1. The van der Waals surface area contributed by atoms with Crippen molar-refractivity contribution < 1.29 is 4.79 Å². The molecule has 0 spiro atoms. The largest absolute Gasteiger partial charge is 0.356 e. The Bertz CT molecular complexity index is 792. The number of hydrogen-bond donors (Lipinski definition) is 2. The highest BCUT2D eigenvalue weighted by molar-refractivity contribution is 7.99. The van der Waals surface area contributed by atoms with E-state index in [2.05, 4.69) is 15.6 Å². The first-order valence-corrected chi connectivity index (χ1v) is 9.14. The summed E-state index contributed by atoms with van der Waals surface area (Å²) in [5.74, 6) is 1.19. The van der Waals surface area contributed by atoms with E-state index in [0.717, 1.165) is 28.4 Å². The zero-order valence-corrected chi connectivity index (χ0v) is 14.5. The molecular formula is C20H19N3OS. The Hall–Kier alpha value is -2.79. The van der Waals surface area contributed by atoms with Gasteiger partial charge >= 0.3 is 0 Å². The van der Waals surface area contributed by atoms with Crippen molar-refractivity contribution in [3.05, 3.63) is 84.7 Å². The number of anilines is 3. The molecule has 126 valence electrons. The van der Waals surface area contributed by atoms with Gasteiger partial charge in [0.25, 0.3) is 0 Å². The van der Waals surface area contributed by atoms with Gasteiger partial charge in [0.15, 0.2) is 0 Å². The van der Waals surface area contributed by atoms with Gasteiger partial charge in [0, 0.05) is 35.2 Å². The van der Waals surface area contributed by atoms with Crippen LogP contribution in [0.15, 0.2) is 79.1 Å². The second-order valence-corrected chi connectivity index (χ2v) is 6.46. The zero-order chi connectivity index (χ0) is 17.3. The zero-order valence-electron chi connectivity index (χ0n) is 13.7. The highest BCUT2D eigenvalue weighted by atomic mass is 32.2. The normalized spacial score (nSPS) is 10.2. The molecule has 5 heteroatoms. The number of nitrogens with zero attached hydrogens (tertiary/aromatic N) is 1. The summed E-state index contributed by atoms with van der Waals surface area (Å²) in [5.41, 5.74) is 3.93. The minimum atomic E-state index is -0.00217. The highest BCUT2D eigenvalue weighted by Gasteiger charge is 2.03. The third-order valence-electron chi connectivity index (χ3n) is 3.46. The Balaban J connectivity index is 1.45. The van der Waals surface area contributed by atoms with Crippen LogP contribution in [0, 0.1) is 0 Å². The maximum atomic E-state index is 12.0. The molecule has 0 atom stereocenters. The molecule has 1 amide bonds. The molecule has 3 aromatic rings. The lowest BCUT2D eigenvalue weighted by Gasteiger charge is -2.08. The van der Waals surface area contributed by atoms with Crippen molar-refractivity contribution in [1.29, 1.82) is 0 Å². The minimum Gasteiger partial charge on any atom is -0.356 e. The molecule has 0 unspecified atom stereocenters. The number of hydrogen-bond acceptors (Lipinski definition) is 4. The Morgan fingerprint density at radius 3 is 2.32 bits per heavy atom. The molecule has 0 bridgehead atoms. The molecule has 0 aliphatic heterocycles. The standard InChI is InChI=1S/C20H19N3OS/c24-20(15-25-14-16-5-4-12-21-13-16)23-19-10-8-18(9-11-19)22-17-6-2-1-3-7-17/h1-13,22H,14-15H2,(H,23,24). The van der Waals surface area contributed by atoms with E-state index in [9.17, 15) is 4.79 Å². The summed E-state index contributed by atoms with van der Waals surface area (Å²) in [7, 11) is 0. The van der Waals surface area contributed by atoms with E-state index in [1.165, 1.54) is 0 Å². The number of aromatic nitrogens is 1. The molecule has 0 saturated carbocycles. The second-order valence-electron chi connectivity index (χ2n) is 5.47. The molecular weight excluding hydrogens is 330 g/mol. The maximum absolute atomic E-state index is 12.0. The van der Waals surface area contributed by atoms with Crippen molar-refractivity contribution >= 4 is 34.7 Å². The molecule has 3 rings (SSSR count). The van der Waals surface area contributed by atoms with Crippen LogP contribution in [0.5, 0.6) is 0 Å². The molecule has 0 fully saturated rings. The fraction of sp³-hybridized carbons (Fsp3) is 0.100. The quantitative estimate of drug-likeness (QED) is 0.649. The van der Waals surface area contributed by atoms with E-state index in [-0.39, 0.29) is 5.91 Å². The number of rotatable bonds is 7. The first kappa shape index (κ1) is 17.0. The van der Waals surface area contributed by atoms with Gasteiger partial charge in [-0.05, 0) is 48.0 Å². The average Bonchev–Trinajstić information content (AvgIpc) is 2.65. The molecule has 0 aliphatic rings. The summed E-state index contributed by atoms with van der Waals surface area (Å²) in [4.78, 5) is 16.1. The number of carbonyl (C=O) groups is 1. The first-order chi connectivity index (χ1) is 12.3. The molecule has 0 saturated heterocycles. The van der Waals surface area contributed by atoms with E-state index in [1.807, 2.05) is 72.9 Å². The molecule has 0 aliphatic carbocycles. The van der Waals surface area contributed by atoms with E-state index in [1.54, 1.807) is 18.0 Å². The van der Waals surface area contributed by atoms with Crippen LogP contribution < -0.4 is 10.6 Å². The number of carbonyl (C=O) groups excluding carboxylic acids is 1. The average molecular weight is 349 g/mol. The first-order valence-electron chi connectivity index (χ1n) is 7.98. The topological polar surface area (TPSA) is 54.0 Å². The lowest BCUT2D eigenvalue weighted by Crippen LogP contribution is -2.14. The van der Waals surface area contributed by atoms with Gasteiger partial charge in [-0.3, -0.25) is 9.78 Å². The Morgan fingerprint density at radius 1 is 0.880 bits per heavy atom. The van der Waals surface area contributed by atoms with Crippen LogP contribution in [-0.4, -0.2) is 16.6 Å². The predicted molar refractivity (Wildman–Crippen MR) is 105 cm³/mol. The third-order valence-corrected chi connectivity index (χ3v) is 4.46. The summed E-state index contributed by atoms with van der Waals surface area (Å²) < 4.78 is 0. The number of amides is 1. The van der Waals surface area contributed by atoms with Crippen LogP contribution in [-0.2, 0) is 10.5 Å². The molecule has 1 aromatic heterocycles. The SMILES string of the molecule is O=C(CSCc1cccnc1)Nc1ccc(Nc2ccccc2)cc1.